The SMILES string of the molecule is CCCNCc1nnc(C(C)(C)C)o1. The Kier molecular flexibility index (Phi) is 3.63. The van der Waals surface area contributed by atoms with Crippen LogP contribution < -0.4 is 5.32 Å². The Labute approximate surface area is 85.1 Å². The van der Waals surface area contributed by atoms with Crippen molar-refractivity contribution in [2.24, 2.45) is 0 Å². The summed E-state index contributed by atoms with van der Waals surface area (Å²) in [7, 11) is 0. The van der Waals surface area contributed by atoms with Crippen molar-refractivity contribution in [3.05, 3.63) is 11.8 Å². The second-order valence-corrected chi connectivity index (χ2v) is 4.43. The third-order valence-corrected chi connectivity index (χ3v) is 1.81. The van der Waals surface area contributed by atoms with E-state index in [2.05, 4.69) is 43.2 Å². The molecule has 0 saturated heterocycles. The van der Waals surface area contributed by atoms with Crippen LogP contribution in [0.3, 0.4) is 0 Å². The molecule has 1 aromatic heterocycles. The quantitative estimate of drug-likeness (QED) is 0.749. The maximum absolute atomic E-state index is 5.51. The van der Waals surface area contributed by atoms with Crippen LogP contribution >= 0.6 is 0 Å². The van der Waals surface area contributed by atoms with Gasteiger partial charge in [0.2, 0.25) is 11.8 Å². The van der Waals surface area contributed by atoms with Crippen molar-refractivity contribution < 1.29 is 4.42 Å². The Bertz CT molecular complexity index is 275. The fourth-order valence-corrected chi connectivity index (χ4v) is 1.00. The summed E-state index contributed by atoms with van der Waals surface area (Å²) in [6.07, 6.45) is 1.11. The summed E-state index contributed by atoms with van der Waals surface area (Å²) in [5, 5.41) is 11.2. The number of rotatable bonds is 4. The Morgan fingerprint density at radius 3 is 2.50 bits per heavy atom. The van der Waals surface area contributed by atoms with Crippen LogP contribution in [0.4, 0.5) is 0 Å². The molecule has 0 aliphatic heterocycles. The van der Waals surface area contributed by atoms with Gasteiger partial charge in [-0.25, -0.2) is 0 Å². The summed E-state index contributed by atoms with van der Waals surface area (Å²) in [5.74, 6) is 1.37. The molecule has 80 valence electrons. The molecule has 1 N–H and O–H groups in total. The monoisotopic (exact) mass is 197 g/mol. The van der Waals surface area contributed by atoms with Gasteiger partial charge < -0.3 is 9.73 Å². The molecule has 1 heterocycles. The first-order chi connectivity index (χ1) is 6.54. The van der Waals surface area contributed by atoms with Gasteiger partial charge in [-0.3, -0.25) is 0 Å². The molecular weight excluding hydrogens is 178 g/mol. The summed E-state index contributed by atoms with van der Waals surface area (Å²) < 4.78 is 5.51. The minimum atomic E-state index is -0.0595. The Hall–Kier alpha value is -0.900. The minimum Gasteiger partial charge on any atom is -0.423 e. The lowest BCUT2D eigenvalue weighted by Gasteiger charge is -2.10. The van der Waals surface area contributed by atoms with E-state index in [1.54, 1.807) is 0 Å². The molecule has 0 aliphatic carbocycles. The zero-order chi connectivity index (χ0) is 10.6. The van der Waals surface area contributed by atoms with E-state index in [0.717, 1.165) is 13.0 Å². The summed E-state index contributed by atoms with van der Waals surface area (Å²) in [5.41, 5.74) is -0.0595. The third kappa shape index (κ3) is 3.10. The predicted molar refractivity (Wildman–Crippen MR) is 55.0 cm³/mol. The molecule has 0 atom stereocenters. The molecule has 0 radical (unpaired) electrons. The van der Waals surface area contributed by atoms with Crippen molar-refractivity contribution in [2.45, 2.75) is 46.1 Å². The fourth-order valence-electron chi connectivity index (χ4n) is 1.00. The van der Waals surface area contributed by atoms with Crippen molar-refractivity contribution >= 4 is 0 Å². The van der Waals surface area contributed by atoms with E-state index in [0.29, 0.717) is 18.3 Å². The van der Waals surface area contributed by atoms with Gasteiger partial charge in [-0.15, -0.1) is 10.2 Å². The van der Waals surface area contributed by atoms with Crippen LogP contribution in [0.2, 0.25) is 0 Å². The fraction of sp³-hybridized carbons (Fsp3) is 0.800. The predicted octanol–water partition coefficient (Wildman–Crippen LogP) is 1.87. The topological polar surface area (TPSA) is 51.0 Å². The highest BCUT2D eigenvalue weighted by atomic mass is 16.4. The van der Waals surface area contributed by atoms with Crippen molar-refractivity contribution in [1.29, 1.82) is 0 Å². The van der Waals surface area contributed by atoms with Crippen LogP contribution in [0.25, 0.3) is 0 Å². The standard InChI is InChI=1S/C10H19N3O/c1-5-6-11-7-8-12-13-9(14-8)10(2,3)4/h11H,5-7H2,1-4H3. The molecule has 0 amide bonds. The highest BCUT2D eigenvalue weighted by Gasteiger charge is 2.20. The first-order valence-electron chi connectivity index (χ1n) is 5.07. The normalized spacial score (nSPS) is 12.0. The zero-order valence-electron chi connectivity index (χ0n) is 9.42. The van der Waals surface area contributed by atoms with Gasteiger partial charge in [0.05, 0.1) is 6.54 Å². The third-order valence-electron chi connectivity index (χ3n) is 1.81. The lowest BCUT2D eigenvalue weighted by atomic mass is 9.97. The van der Waals surface area contributed by atoms with Crippen LogP contribution in [0.15, 0.2) is 4.42 Å². The number of nitrogens with zero attached hydrogens (tertiary/aromatic N) is 2. The maximum atomic E-state index is 5.51. The molecule has 0 aromatic carbocycles. The van der Waals surface area contributed by atoms with Crippen molar-refractivity contribution in [3.63, 3.8) is 0 Å². The van der Waals surface area contributed by atoms with Gasteiger partial charge in [-0.05, 0) is 13.0 Å². The largest absolute Gasteiger partial charge is 0.423 e. The average molecular weight is 197 g/mol. The molecule has 0 spiro atoms. The molecule has 0 bridgehead atoms. The van der Waals surface area contributed by atoms with E-state index in [1.807, 2.05) is 0 Å². The molecular formula is C10H19N3O. The second-order valence-electron chi connectivity index (χ2n) is 4.43. The second kappa shape index (κ2) is 4.55. The van der Waals surface area contributed by atoms with Crippen LogP contribution in [0.5, 0.6) is 0 Å². The van der Waals surface area contributed by atoms with Gasteiger partial charge >= 0.3 is 0 Å². The van der Waals surface area contributed by atoms with Crippen molar-refractivity contribution in [3.8, 4) is 0 Å². The van der Waals surface area contributed by atoms with E-state index in [1.165, 1.54) is 0 Å². The van der Waals surface area contributed by atoms with E-state index < -0.39 is 0 Å². The van der Waals surface area contributed by atoms with Crippen LogP contribution in [0.1, 0.15) is 45.9 Å². The van der Waals surface area contributed by atoms with Gasteiger partial charge in [0.15, 0.2) is 0 Å². The van der Waals surface area contributed by atoms with Gasteiger partial charge in [0.1, 0.15) is 0 Å². The lowest BCUT2D eigenvalue weighted by Crippen LogP contribution is -2.14. The Balaban J connectivity index is 2.51. The van der Waals surface area contributed by atoms with E-state index in [9.17, 15) is 0 Å². The Morgan fingerprint density at radius 2 is 2.00 bits per heavy atom. The van der Waals surface area contributed by atoms with Gasteiger partial charge in [0.25, 0.3) is 0 Å². The van der Waals surface area contributed by atoms with Gasteiger partial charge in [-0.2, -0.15) is 0 Å². The molecule has 0 saturated carbocycles. The molecule has 0 fully saturated rings. The molecule has 0 unspecified atom stereocenters. The highest BCUT2D eigenvalue weighted by molar-refractivity contribution is 4.95. The van der Waals surface area contributed by atoms with E-state index >= 15 is 0 Å². The molecule has 1 rings (SSSR count). The minimum absolute atomic E-state index is 0.0595. The summed E-state index contributed by atoms with van der Waals surface area (Å²) >= 11 is 0. The average Bonchev–Trinajstić information content (AvgIpc) is 2.52. The van der Waals surface area contributed by atoms with E-state index in [4.69, 9.17) is 4.42 Å². The van der Waals surface area contributed by atoms with Crippen molar-refractivity contribution in [1.82, 2.24) is 15.5 Å². The molecule has 4 nitrogen and oxygen atoms in total. The number of nitrogens with one attached hydrogen (secondary N) is 1. The summed E-state index contributed by atoms with van der Waals surface area (Å²) in [6.45, 7) is 9.95. The molecule has 4 heteroatoms. The van der Waals surface area contributed by atoms with E-state index in [-0.39, 0.29) is 5.41 Å². The van der Waals surface area contributed by atoms with Gasteiger partial charge in [-0.1, -0.05) is 27.7 Å². The maximum Gasteiger partial charge on any atom is 0.230 e. The number of hydrogen-bond acceptors (Lipinski definition) is 4. The molecule has 0 aliphatic rings. The van der Waals surface area contributed by atoms with Crippen LogP contribution in [-0.4, -0.2) is 16.7 Å². The molecule has 14 heavy (non-hydrogen) atoms. The Morgan fingerprint density at radius 1 is 1.29 bits per heavy atom. The first-order valence-corrected chi connectivity index (χ1v) is 5.07. The number of hydrogen-bond donors (Lipinski definition) is 1. The zero-order valence-corrected chi connectivity index (χ0v) is 9.42. The van der Waals surface area contributed by atoms with Crippen molar-refractivity contribution in [2.75, 3.05) is 6.54 Å². The molecule has 1 aromatic rings. The lowest BCUT2D eigenvalue weighted by molar-refractivity contribution is 0.365. The van der Waals surface area contributed by atoms with Gasteiger partial charge in [0, 0.05) is 5.41 Å². The first kappa shape index (κ1) is 11.2. The number of aromatic nitrogens is 2. The van der Waals surface area contributed by atoms with Crippen LogP contribution in [-0.2, 0) is 12.0 Å². The van der Waals surface area contributed by atoms with Crippen LogP contribution in [0, 0.1) is 0 Å². The summed E-state index contributed by atoms with van der Waals surface area (Å²) in [4.78, 5) is 0. The summed E-state index contributed by atoms with van der Waals surface area (Å²) in [6, 6.07) is 0. The highest BCUT2D eigenvalue weighted by Crippen LogP contribution is 2.19. The smallest absolute Gasteiger partial charge is 0.230 e.